The molecule has 1 unspecified atom stereocenters. The van der Waals surface area contributed by atoms with Gasteiger partial charge < -0.3 is 20.5 Å². The summed E-state index contributed by atoms with van der Waals surface area (Å²) in [4.78, 5) is 13.4. The fourth-order valence-corrected chi connectivity index (χ4v) is 2.75. The fraction of sp³-hybridized carbons (Fsp3) is 0.562. The van der Waals surface area contributed by atoms with Gasteiger partial charge in [0.05, 0.1) is 12.1 Å². The highest BCUT2D eigenvalue weighted by Crippen LogP contribution is 2.23. The molecule has 116 valence electrons. The van der Waals surface area contributed by atoms with Gasteiger partial charge in [0.25, 0.3) is 0 Å². The first-order valence-corrected chi connectivity index (χ1v) is 7.50. The van der Waals surface area contributed by atoms with Crippen LogP contribution in [0.2, 0.25) is 0 Å². The Bertz CT molecular complexity index is 478. The molecule has 0 aromatic heterocycles. The minimum Gasteiger partial charge on any atom is -0.491 e. The molecule has 1 saturated heterocycles. The lowest BCUT2D eigenvalue weighted by Gasteiger charge is -2.23. The first-order chi connectivity index (χ1) is 10.1. The number of carbonyl (C=O) groups is 1. The van der Waals surface area contributed by atoms with Gasteiger partial charge >= 0.3 is 0 Å². The molecule has 2 rings (SSSR count). The summed E-state index contributed by atoms with van der Waals surface area (Å²) in [7, 11) is 0. The number of amides is 1. The second-order valence-corrected chi connectivity index (χ2v) is 5.49. The molecule has 5 heteroatoms. The maximum Gasteiger partial charge on any atom is 0.219 e. The van der Waals surface area contributed by atoms with Gasteiger partial charge in [-0.05, 0) is 43.5 Å². The maximum absolute atomic E-state index is 11.5. The Morgan fingerprint density at radius 1 is 1.57 bits per heavy atom. The topological polar surface area (TPSA) is 75.8 Å². The quantitative estimate of drug-likeness (QED) is 0.832. The van der Waals surface area contributed by atoms with Gasteiger partial charge in [0.2, 0.25) is 5.91 Å². The molecule has 1 aromatic carbocycles. The molecule has 1 fully saturated rings. The Morgan fingerprint density at radius 2 is 2.38 bits per heavy atom. The van der Waals surface area contributed by atoms with Crippen LogP contribution in [0.15, 0.2) is 24.3 Å². The standard InChI is InChI=1S/C16H24N2O3/c1-12(19)18-9-3-5-14(18)11-21-15-6-2-4-13(10-15)16(20)7-8-17/h2,4,6,10,14,16,20H,3,5,7-9,11,17H2,1H3/t14?,16-/m1/s1. The average Bonchev–Trinajstić information content (AvgIpc) is 2.94. The lowest BCUT2D eigenvalue weighted by Crippen LogP contribution is -2.37. The van der Waals surface area contributed by atoms with E-state index in [0.717, 1.165) is 30.7 Å². The van der Waals surface area contributed by atoms with Crippen molar-refractivity contribution in [1.29, 1.82) is 0 Å². The summed E-state index contributed by atoms with van der Waals surface area (Å²) < 4.78 is 5.80. The molecule has 1 aromatic rings. The third-order valence-electron chi connectivity index (χ3n) is 3.91. The van der Waals surface area contributed by atoms with Crippen LogP contribution in [0.4, 0.5) is 0 Å². The Labute approximate surface area is 125 Å². The van der Waals surface area contributed by atoms with E-state index in [1.165, 1.54) is 0 Å². The lowest BCUT2D eigenvalue weighted by molar-refractivity contribution is -0.130. The third kappa shape index (κ3) is 4.19. The third-order valence-corrected chi connectivity index (χ3v) is 3.91. The number of hydrogen-bond acceptors (Lipinski definition) is 4. The summed E-state index contributed by atoms with van der Waals surface area (Å²) in [6.45, 7) is 3.36. The number of hydrogen-bond donors (Lipinski definition) is 2. The van der Waals surface area contributed by atoms with E-state index in [1.54, 1.807) is 6.92 Å². The average molecular weight is 292 g/mol. The number of rotatable bonds is 6. The predicted molar refractivity (Wildman–Crippen MR) is 81.0 cm³/mol. The highest BCUT2D eigenvalue weighted by atomic mass is 16.5. The van der Waals surface area contributed by atoms with E-state index in [4.69, 9.17) is 10.5 Å². The number of nitrogens with zero attached hydrogens (tertiary/aromatic N) is 1. The van der Waals surface area contributed by atoms with Crippen molar-refractivity contribution in [2.24, 2.45) is 5.73 Å². The summed E-state index contributed by atoms with van der Waals surface area (Å²) in [5.74, 6) is 0.826. The molecule has 21 heavy (non-hydrogen) atoms. The number of carbonyl (C=O) groups excluding carboxylic acids is 1. The van der Waals surface area contributed by atoms with Crippen molar-refractivity contribution in [2.45, 2.75) is 38.3 Å². The molecule has 1 aliphatic rings. The number of aliphatic hydroxyl groups is 1. The lowest BCUT2D eigenvalue weighted by atomic mass is 10.1. The predicted octanol–water partition coefficient (Wildman–Crippen LogP) is 1.46. The van der Waals surface area contributed by atoms with Crippen molar-refractivity contribution in [3.05, 3.63) is 29.8 Å². The van der Waals surface area contributed by atoms with E-state index in [1.807, 2.05) is 29.2 Å². The molecule has 1 aliphatic heterocycles. The second kappa shape index (κ2) is 7.43. The largest absolute Gasteiger partial charge is 0.491 e. The normalized spacial score (nSPS) is 19.6. The van der Waals surface area contributed by atoms with Gasteiger partial charge in [-0.3, -0.25) is 4.79 Å². The van der Waals surface area contributed by atoms with E-state index in [0.29, 0.717) is 19.6 Å². The van der Waals surface area contributed by atoms with Crippen LogP contribution in [0.5, 0.6) is 5.75 Å². The molecule has 0 aliphatic carbocycles. The molecule has 5 nitrogen and oxygen atoms in total. The first kappa shape index (κ1) is 15.8. The summed E-state index contributed by atoms with van der Waals surface area (Å²) in [6, 6.07) is 7.59. The molecule has 1 heterocycles. The fourth-order valence-electron chi connectivity index (χ4n) is 2.75. The van der Waals surface area contributed by atoms with Gasteiger partial charge in [-0.15, -0.1) is 0 Å². The molecule has 3 N–H and O–H groups in total. The number of nitrogens with two attached hydrogens (primary N) is 1. The van der Waals surface area contributed by atoms with Crippen LogP contribution in [0, 0.1) is 0 Å². The van der Waals surface area contributed by atoms with E-state index < -0.39 is 6.10 Å². The highest BCUT2D eigenvalue weighted by molar-refractivity contribution is 5.73. The van der Waals surface area contributed by atoms with Crippen LogP contribution < -0.4 is 10.5 Å². The van der Waals surface area contributed by atoms with Gasteiger partial charge in [-0.25, -0.2) is 0 Å². The zero-order valence-corrected chi connectivity index (χ0v) is 12.5. The van der Waals surface area contributed by atoms with E-state index in [9.17, 15) is 9.90 Å². The summed E-state index contributed by atoms with van der Waals surface area (Å²) in [5, 5.41) is 9.95. The van der Waals surface area contributed by atoms with Crippen LogP contribution in [-0.2, 0) is 4.79 Å². The van der Waals surface area contributed by atoms with E-state index in [-0.39, 0.29) is 11.9 Å². The van der Waals surface area contributed by atoms with Gasteiger partial charge in [-0.1, -0.05) is 12.1 Å². The molecular formula is C16H24N2O3. The minimum absolute atomic E-state index is 0.105. The van der Waals surface area contributed by atoms with Crippen molar-refractivity contribution in [3.63, 3.8) is 0 Å². The Hall–Kier alpha value is -1.59. The van der Waals surface area contributed by atoms with Crippen LogP contribution in [-0.4, -0.2) is 41.7 Å². The summed E-state index contributed by atoms with van der Waals surface area (Å²) >= 11 is 0. The van der Waals surface area contributed by atoms with Crippen molar-refractivity contribution >= 4 is 5.91 Å². The zero-order chi connectivity index (χ0) is 15.2. The molecule has 0 spiro atoms. The van der Waals surface area contributed by atoms with E-state index >= 15 is 0 Å². The summed E-state index contributed by atoms with van der Waals surface area (Å²) in [6.07, 6.45) is 1.99. The highest BCUT2D eigenvalue weighted by Gasteiger charge is 2.26. The molecule has 0 radical (unpaired) electrons. The van der Waals surface area contributed by atoms with Crippen LogP contribution >= 0.6 is 0 Å². The Kier molecular flexibility index (Phi) is 5.59. The van der Waals surface area contributed by atoms with Crippen LogP contribution in [0.25, 0.3) is 0 Å². The van der Waals surface area contributed by atoms with Gasteiger partial charge in [0.15, 0.2) is 0 Å². The van der Waals surface area contributed by atoms with Crippen molar-refractivity contribution in [1.82, 2.24) is 4.90 Å². The van der Waals surface area contributed by atoms with Crippen LogP contribution in [0.3, 0.4) is 0 Å². The molecule has 0 saturated carbocycles. The molecular weight excluding hydrogens is 268 g/mol. The smallest absolute Gasteiger partial charge is 0.219 e. The SMILES string of the molecule is CC(=O)N1CCCC1COc1cccc([C@H](O)CCN)c1. The zero-order valence-electron chi connectivity index (χ0n) is 12.5. The van der Waals surface area contributed by atoms with Gasteiger partial charge in [-0.2, -0.15) is 0 Å². The monoisotopic (exact) mass is 292 g/mol. The van der Waals surface area contributed by atoms with Gasteiger partial charge in [0.1, 0.15) is 12.4 Å². The molecule has 2 atom stereocenters. The van der Waals surface area contributed by atoms with Gasteiger partial charge in [0, 0.05) is 13.5 Å². The number of ether oxygens (including phenoxy) is 1. The molecule has 1 amide bonds. The Balaban J connectivity index is 1.94. The number of likely N-dealkylation sites (tertiary alicyclic amines) is 1. The van der Waals surface area contributed by atoms with Crippen LogP contribution in [0.1, 0.15) is 37.9 Å². The number of aliphatic hydroxyl groups excluding tert-OH is 1. The maximum atomic E-state index is 11.5. The minimum atomic E-state index is -0.557. The summed E-state index contributed by atoms with van der Waals surface area (Å²) in [5.41, 5.74) is 6.27. The second-order valence-electron chi connectivity index (χ2n) is 5.49. The Morgan fingerprint density at radius 3 is 3.10 bits per heavy atom. The first-order valence-electron chi connectivity index (χ1n) is 7.50. The van der Waals surface area contributed by atoms with Crippen molar-refractivity contribution in [3.8, 4) is 5.75 Å². The van der Waals surface area contributed by atoms with E-state index in [2.05, 4.69) is 0 Å². The van der Waals surface area contributed by atoms with Crippen molar-refractivity contribution in [2.75, 3.05) is 19.7 Å². The van der Waals surface area contributed by atoms with Crippen molar-refractivity contribution < 1.29 is 14.6 Å². The molecule has 0 bridgehead atoms. The number of benzene rings is 1.